The molecule has 1 atom stereocenters. The van der Waals surface area contributed by atoms with Crippen molar-refractivity contribution in [2.24, 2.45) is 5.92 Å². The quantitative estimate of drug-likeness (QED) is 0.261. The van der Waals surface area contributed by atoms with E-state index in [2.05, 4.69) is 6.58 Å². The monoisotopic (exact) mass is 360 g/mol. The lowest BCUT2D eigenvalue weighted by Crippen LogP contribution is -2.44. The van der Waals surface area contributed by atoms with Gasteiger partial charge in [0, 0.05) is 5.57 Å². The van der Waals surface area contributed by atoms with Crippen molar-refractivity contribution in [3.8, 4) is 0 Å². The Kier molecular flexibility index (Phi) is 9.92. The van der Waals surface area contributed by atoms with E-state index in [0.717, 1.165) is 0 Å². The third kappa shape index (κ3) is 12.6. The largest absolute Gasteiger partial charge is 0.460 e. The van der Waals surface area contributed by atoms with Crippen LogP contribution in [-0.4, -0.2) is 54.9 Å². The molecule has 0 bridgehead atoms. The highest BCUT2D eigenvalue weighted by molar-refractivity contribution is 5.87. The fraction of sp³-hybridized carbons (Fsp3) is 0.778. The number of hydrogen-bond acceptors (Lipinski definition) is 7. The number of ether oxygens (including phenoxy) is 4. The summed E-state index contributed by atoms with van der Waals surface area (Å²) in [6, 6.07) is 0. The lowest BCUT2D eigenvalue weighted by molar-refractivity contribution is -0.177. The molecule has 0 fully saturated rings. The topological polar surface area (TPSA) is 91.3 Å². The molecule has 0 aliphatic carbocycles. The van der Waals surface area contributed by atoms with Crippen LogP contribution in [0.3, 0.4) is 0 Å². The zero-order valence-corrected chi connectivity index (χ0v) is 16.2. The van der Waals surface area contributed by atoms with Gasteiger partial charge < -0.3 is 24.1 Å². The zero-order chi connectivity index (χ0) is 19.7. The molecule has 146 valence electrons. The van der Waals surface area contributed by atoms with Gasteiger partial charge in [0.15, 0.2) is 0 Å². The predicted octanol–water partition coefficient (Wildman–Crippen LogP) is 2.22. The molecule has 25 heavy (non-hydrogen) atoms. The highest BCUT2D eigenvalue weighted by Crippen LogP contribution is 2.17. The lowest BCUT2D eigenvalue weighted by atomic mass is 10.0. The van der Waals surface area contributed by atoms with Gasteiger partial charge >= 0.3 is 11.9 Å². The van der Waals surface area contributed by atoms with Gasteiger partial charge in [-0.15, -0.1) is 0 Å². The second-order valence-electron chi connectivity index (χ2n) is 7.57. The van der Waals surface area contributed by atoms with Gasteiger partial charge in [0.25, 0.3) is 0 Å². The van der Waals surface area contributed by atoms with Crippen molar-refractivity contribution in [2.75, 3.05) is 26.6 Å². The van der Waals surface area contributed by atoms with E-state index >= 15 is 0 Å². The molecule has 0 aromatic rings. The second-order valence-corrected chi connectivity index (χ2v) is 7.57. The smallest absolute Gasteiger partial charge is 0.333 e. The molecule has 0 saturated heterocycles. The van der Waals surface area contributed by atoms with Crippen LogP contribution in [0.1, 0.15) is 48.0 Å². The maximum absolute atomic E-state index is 12.0. The molecular weight excluding hydrogens is 328 g/mol. The normalized spacial score (nSPS) is 14.1. The first kappa shape index (κ1) is 23.6. The van der Waals surface area contributed by atoms with Crippen LogP contribution in [0.15, 0.2) is 12.2 Å². The standard InChI is InChI=1S/C18H32O7/c1-13(2)9-22-12-23-10-18(21,11-24-16(20)14(3)4)8-15(19)25-17(5,6)7/h13,21H,3,8-12H2,1-2,4-7H3. The Hall–Kier alpha value is -1.44. The molecule has 1 N–H and O–H groups in total. The van der Waals surface area contributed by atoms with Crippen LogP contribution in [0.25, 0.3) is 0 Å². The lowest BCUT2D eigenvalue weighted by Gasteiger charge is -2.28. The van der Waals surface area contributed by atoms with E-state index < -0.39 is 29.7 Å². The number of hydrogen-bond donors (Lipinski definition) is 1. The molecule has 7 nitrogen and oxygen atoms in total. The Morgan fingerprint density at radius 1 is 1.12 bits per heavy atom. The van der Waals surface area contributed by atoms with Crippen molar-refractivity contribution < 1.29 is 33.6 Å². The van der Waals surface area contributed by atoms with Gasteiger partial charge in [0.2, 0.25) is 0 Å². The third-order valence-corrected chi connectivity index (χ3v) is 2.70. The minimum Gasteiger partial charge on any atom is -0.460 e. The van der Waals surface area contributed by atoms with E-state index in [-0.39, 0.29) is 25.4 Å². The minimum atomic E-state index is -1.71. The van der Waals surface area contributed by atoms with Crippen molar-refractivity contribution in [1.29, 1.82) is 0 Å². The molecule has 0 aliphatic heterocycles. The van der Waals surface area contributed by atoms with E-state index in [4.69, 9.17) is 18.9 Å². The van der Waals surface area contributed by atoms with E-state index in [1.807, 2.05) is 13.8 Å². The Balaban J connectivity index is 4.70. The molecule has 0 saturated carbocycles. The van der Waals surface area contributed by atoms with Crippen LogP contribution >= 0.6 is 0 Å². The highest BCUT2D eigenvalue weighted by Gasteiger charge is 2.34. The summed E-state index contributed by atoms with van der Waals surface area (Å²) in [7, 11) is 0. The third-order valence-electron chi connectivity index (χ3n) is 2.70. The maximum Gasteiger partial charge on any atom is 0.333 e. The number of aliphatic hydroxyl groups is 1. The Labute approximate surface area is 150 Å². The molecular formula is C18H32O7. The molecule has 7 heteroatoms. The Morgan fingerprint density at radius 3 is 2.20 bits per heavy atom. The highest BCUT2D eigenvalue weighted by atomic mass is 16.7. The van der Waals surface area contributed by atoms with E-state index in [0.29, 0.717) is 12.5 Å². The predicted molar refractivity (Wildman–Crippen MR) is 92.8 cm³/mol. The second kappa shape index (κ2) is 10.5. The number of rotatable bonds is 11. The summed E-state index contributed by atoms with van der Waals surface area (Å²) in [5.74, 6) is -0.924. The van der Waals surface area contributed by atoms with Crippen LogP contribution in [0.5, 0.6) is 0 Å². The van der Waals surface area contributed by atoms with Crippen molar-refractivity contribution in [3.63, 3.8) is 0 Å². The average molecular weight is 360 g/mol. The van der Waals surface area contributed by atoms with Gasteiger partial charge in [-0.1, -0.05) is 20.4 Å². The average Bonchev–Trinajstić information content (AvgIpc) is 2.41. The van der Waals surface area contributed by atoms with Crippen LogP contribution in [0.4, 0.5) is 0 Å². The van der Waals surface area contributed by atoms with Crippen LogP contribution < -0.4 is 0 Å². The van der Waals surface area contributed by atoms with E-state index in [1.165, 1.54) is 6.92 Å². The van der Waals surface area contributed by atoms with Gasteiger partial charge in [-0.25, -0.2) is 4.79 Å². The van der Waals surface area contributed by atoms with E-state index in [1.54, 1.807) is 20.8 Å². The SMILES string of the molecule is C=C(C)C(=O)OCC(O)(COCOCC(C)C)CC(=O)OC(C)(C)C. The van der Waals surface area contributed by atoms with E-state index in [9.17, 15) is 14.7 Å². The van der Waals surface area contributed by atoms with Crippen molar-refractivity contribution >= 4 is 11.9 Å². The molecule has 0 rings (SSSR count). The summed E-state index contributed by atoms with van der Waals surface area (Å²) in [4.78, 5) is 23.5. The zero-order valence-electron chi connectivity index (χ0n) is 16.2. The summed E-state index contributed by atoms with van der Waals surface area (Å²) in [5, 5.41) is 10.6. The molecule has 0 amide bonds. The molecule has 0 heterocycles. The fourth-order valence-corrected chi connectivity index (χ4v) is 1.69. The van der Waals surface area contributed by atoms with Crippen LogP contribution in [-0.2, 0) is 28.5 Å². The molecule has 1 unspecified atom stereocenters. The van der Waals surface area contributed by atoms with Crippen molar-refractivity contribution in [2.45, 2.75) is 59.2 Å². The summed E-state index contributed by atoms with van der Waals surface area (Å²) < 4.78 is 20.7. The molecule has 0 spiro atoms. The Bertz CT molecular complexity index is 451. The van der Waals surface area contributed by atoms with Gasteiger partial charge in [0.05, 0.1) is 19.6 Å². The van der Waals surface area contributed by atoms with Crippen molar-refractivity contribution in [1.82, 2.24) is 0 Å². The first-order valence-corrected chi connectivity index (χ1v) is 8.27. The first-order valence-electron chi connectivity index (χ1n) is 8.27. The van der Waals surface area contributed by atoms with Gasteiger partial charge in [-0.2, -0.15) is 0 Å². The molecule has 0 aromatic carbocycles. The first-order chi connectivity index (χ1) is 11.3. The molecule has 0 aromatic heterocycles. The number of carbonyl (C=O) groups is 2. The van der Waals surface area contributed by atoms with Crippen LogP contribution in [0, 0.1) is 5.92 Å². The number of esters is 2. The fourth-order valence-electron chi connectivity index (χ4n) is 1.69. The summed E-state index contributed by atoms with van der Waals surface area (Å²) in [6.07, 6.45) is -0.377. The number of carbonyl (C=O) groups excluding carboxylic acids is 2. The molecule has 0 aliphatic rings. The van der Waals surface area contributed by atoms with Crippen LogP contribution in [0.2, 0.25) is 0 Å². The molecule has 0 radical (unpaired) electrons. The Morgan fingerprint density at radius 2 is 1.72 bits per heavy atom. The summed E-state index contributed by atoms with van der Waals surface area (Å²) >= 11 is 0. The summed E-state index contributed by atoms with van der Waals surface area (Å²) in [6.45, 7) is 13.9. The maximum atomic E-state index is 12.0. The van der Waals surface area contributed by atoms with Gasteiger partial charge in [-0.3, -0.25) is 4.79 Å². The summed E-state index contributed by atoms with van der Waals surface area (Å²) in [5.41, 5.74) is -2.21. The van der Waals surface area contributed by atoms with Crippen molar-refractivity contribution in [3.05, 3.63) is 12.2 Å². The van der Waals surface area contributed by atoms with Gasteiger partial charge in [-0.05, 0) is 33.6 Å². The van der Waals surface area contributed by atoms with Gasteiger partial charge in [0.1, 0.15) is 24.6 Å². The minimum absolute atomic E-state index is 0.0385.